The molecule has 0 unspecified atom stereocenters. The number of rotatable bonds is 0. The summed E-state index contributed by atoms with van der Waals surface area (Å²) in [5.74, 6) is 0. The third kappa shape index (κ3) is 40.4. The van der Waals surface area contributed by atoms with Gasteiger partial charge in [0.2, 0.25) is 0 Å². The van der Waals surface area contributed by atoms with Crippen molar-refractivity contribution in [2.75, 3.05) is 0 Å². The van der Waals surface area contributed by atoms with Crippen molar-refractivity contribution in [3.05, 3.63) is 13.8 Å². The molecular formula is C4H8Y-2. The SMILES string of the molecule is C[CH-]C.[CH-].[Y]. The van der Waals surface area contributed by atoms with E-state index in [0.29, 0.717) is 0 Å². The smallest absolute Gasteiger partial charge is 0 e. The summed E-state index contributed by atoms with van der Waals surface area (Å²) in [5.41, 5.74) is 0. The molecule has 0 bridgehead atoms. The van der Waals surface area contributed by atoms with Gasteiger partial charge in [0.1, 0.15) is 0 Å². The summed E-state index contributed by atoms with van der Waals surface area (Å²) in [6.07, 6.45) is 2.00. The molecule has 0 atom stereocenters. The van der Waals surface area contributed by atoms with Crippen molar-refractivity contribution in [3.63, 3.8) is 0 Å². The van der Waals surface area contributed by atoms with Gasteiger partial charge in [0.05, 0.1) is 0 Å². The Kier molecular flexibility index (Phi) is 64.1. The summed E-state index contributed by atoms with van der Waals surface area (Å²) in [7, 11) is 0. The van der Waals surface area contributed by atoms with Gasteiger partial charge in [-0.1, -0.05) is 0 Å². The van der Waals surface area contributed by atoms with Crippen LogP contribution in [-0.4, -0.2) is 0 Å². The first-order valence-corrected chi connectivity index (χ1v) is 1.15. The van der Waals surface area contributed by atoms with Gasteiger partial charge >= 0.3 is 0 Å². The van der Waals surface area contributed by atoms with Gasteiger partial charge in [-0.15, -0.1) is 0 Å². The molecule has 0 fully saturated rings. The van der Waals surface area contributed by atoms with E-state index in [4.69, 9.17) is 0 Å². The predicted octanol–water partition coefficient (Wildman–Crippen LogP) is 1.43. The number of hydrogen-bond acceptors (Lipinski definition) is 0. The minimum atomic E-state index is 0. The van der Waals surface area contributed by atoms with E-state index in [9.17, 15) is 0 Å². The van der Waals surface area contributed by atoms with E-state index in [1.165, 1.54) is 0 Å². The van der Waals surface area contributed by atoms with Crippen molar-refractivity contribution in [1.29, 1.82) is 0 Å². The second-order valence-electron chi connectivity index (χ2n) is 0.577. The van der Waals surface area contributed by atoms with Crippen LogP contribution in [0.3, 0.4) is 0 Å². The van der Waals surface area contributed by atoms with E-state index in [1.54, 1.807) is 0 Å². The molecule has 0 aliphatic rings. The van der Waals surface area contributed by atoms with Gasteiger partial charge in [0, 0.05) is 32.7 Å². The first-order valence-electron chi connectivity index (χ1n) is 1.15. The van der Waals surface area contributed by atoms with Crippen LogP contribution in [0.25, 0.3) is 0 Å². The van der Waals surface area contributed by atoms with Crippen LogP contribution >= 0.6 is 0 Å². The minimum absolute atomic E-state index is 0. The molecule has 0 saturated heterocycles. The van der Waals surface area contributed by atoms with Gasteiger partial charge < -0.3 is 13.8 Å². The van der Waals surface area contributed by atoms with Crippen molar-refractivity contribution in [2.24, 2.45) is 0 Å². The summed E-state index contributed by atoms with van der Waals surface area (Å²) < 4.78 is 0. The van der Waals surface area contributed by atoms with Crippen LogP contribution in [0, 0.1) is 13.8 Å². The zero-order valence-corrected chi connectivity index (χ0v) is 6.57. The molecule has 0 amide bonds. The van der Waals surface area contributed by atoms with E-state index in [-0.39, 0.29) is 40.1 Å². The molecule has 1 heteroatoms. The van der Waals surface area contributed by atoms with Crippen LogP contribution in [0.15, 0.2) is 0 Å². The predicted molar refractivity (Wildman–Crippen MR) is 19.9 cm³/mol. The molecule has 0 spiro atoms. The maximum Gasteiger partial charge on any atom is 0 e. The topological polar surface area (TPSA) is 0 Å². The van der Waals surface area contributed by atoms with Crippen molar-refractivity contribution < 1.29 is 32.7 Å². The van der Waals surface area contributed by atoms with E-state index in [0.717, 1.165) is 0 Å². The second-order valence-corrected chi connectivity index (χ2v) is 0.577. The average molecular weight is 145 g/mol. The van der Waals surface area contributed by atoms with Crippen LogP contribution in [0.1, 0.15) is 13.8 Å². The maximum absolute atomic E-state index is 2.00. The molecule has 0 aromatic heterocycles. The van der Waals surface area contributed by atoms with Crippen LogP contribution < -0.4 is 0 Å². The van der Waals surface area contributed by atoms with Crippen LogP contribution in [0.4, 0.5) is 0 Å². The third-order valence-electron chi connectivity index (χ3n) is 0. The van der Waals surface area contributed by atoms with E-state index in [1.807, 2.05) is 20.3 Å². The van der Waals surface area contributed by atoms with Crippen LogP contribution in [0.5, 0.6) is 0 Å². The Morgan fingerprint density at radius 3 is 1.20 bits per heavy atom. The first-order chi connectivity index (χ1) is 1.41. The zero-order chi connectivity index (χ0) is 2.71. The van der Waals surface area contributed by atoms with Gasteiger partial charge in [-0.3, -0.25) is 0 Å². The molecule has 0 nitrogen and oxygen atoms in total. The van der Waals surface area contributed by atoms with Crippen LogP contribution in [-0.2, 0) is 32.7 Å². The summed E-state index contributed by atoms with van der Waals surface area (Å²) >= 11 is 0. The number of hydrogen-bond donors (Lipinski definition) is 0. The molecule has 3 radical (unpaired) electrons. The Morgan fingerprint density at radius 1 is 1.20 bits per heavy atom. The Bertz CT molecular complexity index is 3.61. The van der Waals surface area contributed by atoms with Gasteiger partial charge in [0.15, 0.2) is 0 Å². The van der Waals surface area contributed by atoms with Gasteiger partial charge in [-0.2, -0.15) is 13.8 Å². The molecule has 0 N–H and O–H groups in total. The normalized spacial score (nSPS) is 3.60. The fraction of sp³-hybridized carbons (Fsp3) is 0.500. The van der Waals surface area contributed by atoms with E-state index >= 15 is 0 Å². The quantitative estimate of drug-likeness (QED) is 0.452. The standard InChI is InChI=1S/C3H7.CH.Y/c1-3-2;;/h3H,1-2H3;1H;/q2*-1;. The second kappa shape index (κ2) is 19.4. The fourth-order valence-electron chi connectivity index (χ4n) is 0. The Balaban J connectivity index is -0.0000000200. The Hall–Kier alpha value is 1.10. The molecule has 0 rings (SSSR count). The van der Waals surface area contributed by atoms with Gasteiger partial charge in [0.25, 0.3) is 0 Å². The fourth-order valence-corrected chi connectivity index (χ4v) is 0. The summed E-state index contributed by atoms with van der Waals surface area (Å²) in [6, 6.07) is 0. The van der Waals surface area contributed by atoms with Crippen LogP contribution in [0.2, 0.25) is 0 Å². The van der Waals surface area contributed by atoms with Crippen molar-refractivity contribution in [3.8, 4) is 0 Å². The first kappa shape index (κ1) is 16.5. The maximum atomic E-state index is 2.00. The van der Waals surface area contributed by atoms with Gasteiger partial charge in [-0.05, 0) is 0 Å². The Labute approximate surface area is 60.2 Å². The monoisotopic (exact) mass is 145 g/mol. The summed E-state index contributed by atoms with van der Waals surface area (Å²) in [4.78, 5) is 0. The molecule has 29 valence electrons. The van der Waals surface area contributed by atoms with Crippen molar-refractivity contribution in [2.45, 2.75) is 13.8 Å². The van der Waals surface area contributed by atoms with Crippen molar-refractivity contribution >= 4 is 0 Å². The zero-order valence-electron chi connectivity index (χ0n) is 3.73. The molecule has 0 aliphatic heterocycles. The largest absolute Gasteiger partial charge is 0.726 e. The molecule has 0 aromatic rings. The molecule has 5 heavy (non-hydrogen) atoms. The molecular weight excluding hydrogens is 137 g/mol. The van der Waals surface area contributed by atoms with E-state index < -0.39 is 0 Å². The van der Waals surface area contributed by atoms with Crippen molar-refractivity contribution in [1.82, 2.24) is 0 Å². The third-order valence-corrected chi connectivity index (χ3v) is 0. The molecule has 0 heterocycles. The summed E-state index contributed by atoms with van der Waals surface area (Å²) in [6.45, 7) is 4.00. The Morgan fingerprint density at radius 2 is 1.20 bits per heavy atom. The molecule has 0 saturated carbocycles. The summed E-state index contributed by atoms with van der Waals surface area (Å²) in [5, 5.41) is 0. The molecule has 0 aromatic carbocycles. The van der Waals surface area contributed by atoms with E-state index in [2.05, 4.69) is 0 Å². The average Bonchev–Trinajstić information content (AvgIpc) is 0.918. The minimum Gasteiger partial charge on any atom is -0.726 e. The molecule has 0 aliphatic carbocycles. The van der Waals surface area contributed by atoms with Gasteiger partial charge in [-0.25, -0.2) is 0 Å².